The van der Waals surface area contributed by atoms with Crippen molar-refractivity contribution >= 4 is 0 Å². The van der Waals surface area contributed by atoms with Gasteiger partial charge in [0.25, 0.3) is 0 Å². The van der Waals surface area contributed by atoms with Gasteiger partial charge in [-0.15, -0.1) is 0 Å². The van der Waals surface area contributed by atoms with Crippen LogP contribution in [0.25, 0.3) is 0 Å². The number of hydrogen-bond donors (Lipinski definition) is 1. The van der Waals surface area contributed by atoms with Gasteiger partial charge in [-0.1, -0.05) is 0 Å². The number of fused-ring (bicyclic) bond motifs is 1. The molecule has 1 atom stereocenters. The Morgan fingerprint density at radius 1 is 1.36 bits per heavy atom. The Kier molecular flexibility index (Phi) is 3.37. The normalized spacial score (nSPS) is 21.6. The summed E-state index contributed by atoms with van der Waals surface area (Å²) in [4.78, 5) is 13.0. The summed E-state index contributed by atoms with van der Waals surface area (Å²) in [5.41, 5.74) is 5.45. The molecule has 0 bridgehead atoms. The predicted octanol–water partition coefficient (Wildman–Crippen LogP) is 1.35. The molecular formula is C16H19N5O. The van der Waals surface area contributed by atoms with E-state index < -0.39 is 0 Å². The molecule has 6 nitrogen and oxygen atoms in total. The molecule has 1 unspecified atom stereocenters. The average molecular weight is 297 g/mol. The first-order valence-corrected chi connectivity index (χ1v) is 7.63. The molecule has 2 aliphatic rings. The van der Waals surface area contributed by atoms with Gasteiger partial charge in [-0.3, -0.25) is 4.98 Å². The van der Waals surface area contributed by atoms with E-state index in [0.717, 1.165) is 43.1 Å². The molecule has 2 aromatic heterocycles. The van der Waals surface area contributed by atoms with Crippen molar-refractivity contribution in [3.05, 3.63) is 52.9 Å². The van der Waals surface area contributed by atoms with Crippen LogP contribution in [0.2, 0.25) is 0 Å². The zero-order valence-corrected chi connectivity index (χ0v) is 12.6. The summed E-state index contributed by atoms with van der Waals surface area (Å²) < 4.78 is 0. The van der Waals surface area contributed by atoms with Crippen LogP contribution in [0.1, 0.15) is 40.7 Å². The van der Waals surface area contributed by atoms with Crippen LogP contribution in [-0.4, -0.2) is 36.6 Å². The molecule has 22 heavy (non-hydrogen) atoms. The van der Waals surface area contributed by atoms with E-state index in [0.29, 0.717) is 6.04 Å². The quantitative estimate of drug-likeness (QED) is 0.922. The third-order valence-corrected chi connectivity index (χ3v) is 4.62. The Hall–Kier alpha value is -1.89. The molecule has 114 valence electrons. The lowest BCUT2D eigenvalue weighted by atomic mass is 10.0. The minimum absolute atomic E-state index is 0.00138. The van der Waals surface area contributed by atoms with E-state index in [1.54, 1.807) is 12.5 Å². The van der Waals surface area contributed by atoms with Crippen LogP contribution in [-0.2, 0) is 19.7 Å². The number of hydrazine groups is 1. The highest BCUT2D eigenvalue weighted by Gasteiger charge is 2.38. The molecule has 4 rings (SSSR count). The van der Waals surface area contributed by atoms with Crippen LogP contribution in [0.4, 0.5) is 0 Å². The van der Waals surface area contributed by atoms with E-state index >= 15 is 0 Å². The average Bonchev–Trinajstić information content (AvgIpc) is 2.91. The van der Waals surface area contributed by atoms with Gasteiger partial charge < -0.3 is 5.11 Å². The second-order valence-corrected chi connectivity index (χ2v) is 5.94. The fourth-order valence-corrected chi connectivity index (χ4v) is 3.37. The highest BCUT2D eigenvalue weighted by atomic mass is 16.3. The molecule has 2 aromatic rings. The summed E-state index contributed by atoms with van der Waals surface area (Å²) in [6, 6.07) is 4.32. The van der Waals surface area contributed by atoms with Gasteiger partial charge in [0.15, 0.2) is 0 Å². The van der Waals surface area contributed by atoms with Crippen LogP contribution < -0.4 is 0 Å². The fraction of sp³-hybridized carbons (Fsp3) is 0.438. The van der Waals surface area contributed by atoms with E-state index in [1.807, 2.05) is 12.1 Å². The SMILES string of the molecule is Cc1cc(CO)nc2c1CN(N1CCC1c1ccncn1)C2. The van der Waals surface area contributed by atoms with Gasteiger partial charge in [-0.25, -0.2) is 20.0 Å². The van der Waals surface area contributed by atoms with Crippen molar-refractivity contribution in [2.75, 3.05) is 6.54 Å². The minimum atomic E-state index is 0.00138. The fourth-order valence-electron chi connectivity index (χ4n) is 3.37. The second kappa shape index (κ2) is 5.39. The largest absolute Gasteiger partial charge is 0.390 e. The Labute approximate surface area is 129 Å². The van der Waals surface area contributed by atoms with Gasteiger partial charge >= 0.3 is 0 Å². The van der Waals surface area contributed by atoms with Crippen molar-refractivity contribution in [2.45, 2.75) is 39.1 Å². The summed E-state index contributed by atoms with van der Waals surface area (Å²) in [5.74, 6) is 0. The molecule has 0 amide bonds. The number of pyridine rings is 1. The number of aliphatic hydroxyl groups excluding tert-OH is 1. The maximum absolute atomic E-state index is 9.32. The molecule has 0 radical (unpaired) electrons. The van der Waals surface area contributed by atoms with Gasteiger partial charge in [0.1, 0.15) is 6.33 Å². The highest BCUT2D eigenvalue weighted by molar-refractivity contribution is 5.34. The van der Waals surface area contributed by atoms with Crippen LogP contribution in [0.3, 0.4) is 0 Å². The Bertz CT molecular complexity index is 690. The lowest BCUT2D eigenvalue weighted by molar-refractivity contribution is -0.127. The summed E-state index contributed by atoms with van der Waals surface area (Å²) in [7, 11) is 0. The number of aliphatic hydroxyl groups is 1. The van der Waals surface area contributed by atoms with Crippen LogP contribution >= 0.6 is 0 Å². The number of rotatable bonds is 3. The Morgan fingerprint density at radius 2 is 2.27 bits per heavy atom. The number of nitrogens with zero attached hydrogens (tertiary/aromatic N) is 5. The maximum Gasteiger partial charge on any atom is 0.115 e. The molecule has 2 aliphatic heterocycles. The molecule has 0 aromatic carbocycles. The zero-order valence-electron chi connectivity index (χ0n) is 12.6. The first-order valence-electron chi connectivity index (χ1n) is 7.63. The summed E-state index contributed by atoms with van der Waals surface area (Å²) >= 11 is 0. The lowest BCUT2D eigenvalue weighted by Gasteiger charge is -2.45. The van der Waals surface area contributed by atoms with Gasteiger partial charge in [0, 0.05) is 19.3 Å². The summed E-state index contributed by atoms with van der Waals surface area (Å²) in [5, 5.41) is 14.0. The van der Waals surface area contributed by atoms with E-state index in [-0.39, 0.29) is 6.61 Å². The molecule has 0 aliphatic carbocycles. The number of hydrogen-bond acceptors (Lipinski definition) is 6. The zero-order chi connectivity index (χ0) is 15.1. The van der Waals surface area contributed by atoms with E-state index in [1.165, 1.54) is 11.1 Å². The molecule has 0 spiro atoms. The molecule has 1 N–H and O–H groups in total. The van der Waals surface area contributed by atoms with Crippen LogP contribution in [0.15, 0.2) is 24.7 Å². The van der Waals surface area contributed by atoms with E-state index in [9.17, 15) is 5.11 Å². The molecule has 1 fully saturated rings. The molecule has 1 saturated heterocycles. The standard InChI is InChI=1S/C16H19N5O/c1-11-6-12(9-22)19-15-8-20(7-13(11)15)21-5-3-16(21)14-2-4-17-10-18-14/h2,4,6,10,16,22H,3,5,7-9H2,1H3. The minimum Gasteiger partial charge on any atom is -0.390 e. The van der Waals surface area contributed by atoms with E-state index in [2.05, 4.69) is 31.9 Å². The first kappa shape index (κ1) is 13.8. The monoisotopic (exact) mass is 297 g/mol. The van der Waals surface area contributed by atoms with Gasteiger partial charge in [0.2, 0.25) is 0 Å². The van der Waals surface area contributed by atoms with Crippen molar-refractivity contribution in [1.29, 1.82) is 0 Å². The second-order valence-electron chi connectivity index (χ2n) is 5.94. The highest BCUT2D eigenvalue weighted by Crippen LogP contribution is 2.37. The maximum atomic E-state index is 9.32. The van der Waals surface area contributed by atoms with Crippen molar-refractivity contribution in [3.8, 4) is 0 Å². The summed E-state index contributed by atoms with van der Waals surface area (Å²) in [6.45, 7) is 4.85. The Morgan fingerprint density at radius 3 is 2.95 bits per heavy atom. The molecule has 0 saturated carbocycles. The number of aryl methyl sites for hydroxylation is 1. The molecule has 6 heteroatoms. The smallest absolute Gasteiger partial charge is 0.115 e. The van der Waals surface area contributed by atoms with Crippen LogP contribution in [0.5, 0.6) is 0 Å². The van der Waals surface area contributed by atoms with E-state index in [4.69, 9.17) is 0 Å². The Balaban J connectivity index is 1.55. The first-order chi connectivity index (χ1) is 10.8. The topological polar surface area (TPSA) is 65.4 Å². The lowest BCUT2D eigenvalue weighted by Crippen LogP contribution is -2.50. The third-order valence-electron chi connectivity index (χ3n) is 4.62. The molecular weight excluding hydrogens is 278 g/mol. The van der Waals surface area contributed by atoms with Crippen molar-refractivity contribution in [2.24, 2.45) is 0 Å². The molecule has 4 heterocycles. The van der Waals surface area contributed by atoms with Gasteiger partial charge in [-0.05, 0) is 36.6 Å². The number of aromatic nitrogens is 3. The summed E-state index contributed by atoms with van der Waals surface area (Å²) in [6.07, 6.45) is 4.54. The van der Waals surface area contributed by atoms with Gasteiger partial charge in [0.05, 0.1) is 36.3 Å². The van der Waals surface area contributed by atoms with Crippen LogP contribution in [0, 0.1) is 6.92 Å². The predicted molar refractivity (Wildman–Crippen MR) is 80.2 cm³/mol. The van der Waals surface area contributed by atoms with Gasteiger partial charge in [-0.2, -0.15) is 0 Å². The third kappa shape index (κ3) is 2.20. The van der Waals surface area contributed by atoms with Crippen molar-refractivity contribution < 1.29 is 5.11 Å². The van der Waals surface area contributed by atoms with Crippen molar-refractivity contribution in [1.82, 2.24) is 25.0 Å². The van der Waals surface area contributed by atoms with Crippen molar-refractivity contribution in [3.63, 3.8) is 0 Å².